The Kier molecular flexibility index (Phi) is 6.52. The van der Waals surface area contributed by atoms with Gasteiger partial charge in [0.05, 0.1) is 36.8 Å². The van der Waals surface area contributed by atoms with Gasteiger partial charge >= 0.3 is 5.97 Å². The van der Waals surface area contributed by atoms with Gasteiger partial charge in [-0.05, 0) is 36.8 Å². The number of piperazine rings is 1. The van der Waals surface area contributed by atoms with E-state index in [4.69, 9.17) is 10.00 Å². The Morgan fingerprint density at radius 2 is 1.94 bits per heavy atom. The van der Waals surface area contributed by atoms with Crippen LogP contribution in [0.25, 0.3) is 0 Å². The highest BCUT2D eigenvalue weighted by Gasteiger charge is 2.33. The third-order valence-corrected chi connectivity index (χ3v) is 6.10. The fourth-order valence-electron chi connectivity index (χ4n) is 4.28. The average molecular weight is 430 g/mol. The number of imidazole rings is 1. The van der Waals surface area contributed by atoms with E-state index >= 15 is 0 Å². The molecule has 32 heavy (non-hydrogen) atoms. The number of hydrogen-bond acceptors (Lipinski definition) is 6. The Balaban J connectivity index is 1.50. The molecule has 7 heteroatoms. The number of carbonyl (C=O) groups is 1. The van der Waals surface area contributed by atoms with Crippen molar-refractivity contribution in [2.24, 2.45) is 0 Å². The van der Waals surface area contributed by atoms with E-state index in [1.54, 1.807) is 0 Å². The van der Waals surface area contributed by atoms with Gasteiger partial charge in [-0.3, -0.25) is 4.90 Å². The topological polar surface area (TPSA) is 74.4 Å². The molecule has 0 N–H and O–H groups in total. The minimum Gasteiger partial charge on any atom is -0.467 e. The van der Waals surface area contributed by atoms with E-state index in [1.807, 2.05) is 67.1 Å². The lowest BCUT2D eigenvalue weighted by molar-refractivity contribution is -0.143. The highest BCUT2D eigenvalue weighted by molar-refractivity contribution is 5.80. The Bertz CT molecular complexity index is 1090. The van der Waals surface area contributed by atoms with Crippen LogP contribution in [0.2, 0.25) is 0 Å². The van der Waals surface area contributed by atoms with Crippen LogP contribution in [-0.2, 0) is 16.1 Å². The largest absolute Gasteiger partial charge is 0.467 e. The molecule has 0 amide bonds. The number of nitrogens with zero attached hydrogens (tertiary/aromatic N) is 5. The van der Waals surface area contributed by atoms with Gasteiger partial charge in [-0.2, -0.15) is 5.26 Å². The molecule has 0 aliphatic carbocycles. The predicted octanol–water partition coefficient (Wildman–Crippen LogP) is 3.23. The lowest BCUT2D eigenvalue weighted by atomic mass is 10.1. The Labute approximate surface area is 188 Å². The van der Waals surface area contributed by atoms with Gasteiger partial charge in [0, 0.05) is 38.1 Å². The number of aromatic nitrogens is 2. The van der Waals surface area contributed by atoms with Crippen molar-refractivity contribution in [2.75, 3.05) is 31.6 Å². The smallest absolute Gasteiger partial charge is 0.329 e. The third kappa shape index (κ3) is 4.51. The van der Waals surface area contributed by atoms with Crippen LogP contribution in [0, 0.1) is 11.3 Å². The van der Waals surface area contributed by atoms with Crippen LogP contribution in [0.15, 0.2) is 67.1 Å². The molecule has 7 nitrogen and oxygen atoms in total. The summed E-state index contributed by atoms with van der Waals surface area (Å²) >= 11 is 0. The lowest BCUT2D eigenvalue weighted by Crippen LogP contribution is -2.56. The highest BCUT2D eigenvalue weighted by atomic mass is 16.5. The number of carbonyl (C=O) groups excluding carboxylic acids is 1. The van der Waals surface area contributed by atoms with Gasteiger partial charge in [-0.25, -0.2) is 9.78 Å². The molecule has 164 valence electrons. The summed E-state index contributed by atoms with van der Waals surface area (Å²) in [5.74, 6) is -0.224. The number of ether oxygens (including phenoxy) is 1. The van der Waals surface area contributed by atoms with Crippen LogP contribution < -0.4 is 4.90 Å². The first kappa shape index (κ1) is 21.6. The zero-order valence-electron chi connectivity index (χ0n) is 18.4. The second-order valence-electron chi connectivity index (χ2n) is 8.01. The number of esters is 1. The molecular formula is C25H27N5O2. The van der Waals surface area contributed by atoms with Gasteiger partial charge in [0.1, 0.15) is 6.04 Å². The third-order valence-electron chi connectivity index (χ3n) is 6.10. The molecular weight excluding hydrogens is 402 g/mol. The monoisotopic (exact) mass is 429 g/mol. The van der Waals surface area contributed by atoms with E-state index in [0.717, 1.165) is 30.0 Å². The SMILES string of the molecule is COC(=O)C1CN(Cc2cncn2C(C)c2ccc(C#N)cc2)CCN1c1ccccc1. The second kappa shape index (κ2) is 9.67. The van der Waals surface area contributed by atoms with E-state index in [-0.39, 0.29) is 18.1 Å². The van der Waals surface area contributed by atoms with Gasteiger partial charge in [0.2, 0.25) is 0 Å². The molecule has 2 heterocycles. The molecule has 2 unspecified atom stereocenters. The van der Waals surface area contributed by atoms with Crippen LogP contribution in [0.5, 0.6) is 0 Å². The average Bonchev–Trinajstić information content (AvgIpc) is 3.31. The number of nitriles is 1. The lowest BCUT2D eigenvalue weighted by Gasteiger charge is -2.41. The Morgan fingerprint density at radius 1 is 1.19 bits per heavy atom. The summed E-state index contributed by atoms with van der Waals surface area (Å²) < 4.78 is 7.27. The summed E-state index contributed by atoms with van der Waals surface area (Å²) in [6, 6.07) is 19.5. The van der Waals surface area contributed by atoms with E-state index in [9.17, 15) is 4.79 Å². The summed E-state index contributed by atoms with van der Waals surface area (Å²) in [5.41, 5.74) is 3.88. The summed E-state index contributed by atoms with van der Waals surface area (Å²) in [6.07, 6.45) is 3.73. The number of anilines is 1. The fraction of sp³-hybridized carbons (Fsp3) is 0.320. The molecule has 2 atom stereocenters. The van der Waals surface area contributed by atoms with Gasteiger partial charge in [-0.15, -0.1) is 0 Å². The molecule has 1 saturated heterocycles. The van der Waals surface area contributed by atoms with Gasteiger partial charge in [-0.1, -0.05) is 30.3 Å². The Morgan fingerprint density at radius 3 is 2.62 bits per heavy atom. The second-order valence-corrected chi connectivity index (χ2v) is 8.01. The van der Waals surface area contributed by atoms with Crippen molar-refractivity contribution < 1.29 is 9.53 Å². The number of para-hydroxylation sites is 1. The van der Waals surface area contributed by atoms with Crippen molar-refractivity contribution in [1.82, 2.24) is 14.5 Å². The number of benzene rings is 2. The van der Waals surface area contributed by atoms with Crippen molar-refractivity contribution in [1.29, 1.82) is 5.26 Å². The Hall–Kier alpha value is -3.63. The molecule has 3 aromatic rings. The summed E-state index contributed by atoms with van der Waals surface area (Å²) in [6.45, 7) is 4.97. The van der Waals surface area contributed by atoms with Crippen LogP contribution in [-0.4, -0.2) is 53.2 Å². The predicted molar refractivity (Wildman–Crippen MR) is 122 cm³/mol. The molecule has 0 spiro atoms. The van der Waals surface area contributed by atoms with Crippen LogP contribution in [0.4, 0.5) is 5.69 Å². The molecule has 0 bridgehead atoms. The molecule has 1 fully saturated rings. The molecule has 2 aromatic carbocycles. The molecule has 1 aliphatic heterocycles. The number of methoxy groups -OCH3 is 1. The zero-order valence-corrected chi connectivity index (χ0v) is 18.4. The van der Waals surface area contributed by atoms with E-state index in [1.165, 1.54) is 7.11 Å². The summed E-state index contributed by atoms with van der Waals surface area (Å²) in [7, 11) is 1.44. The number of hydrogen-bond donors (Lipinski definition) is 0. The normalized spacial score (nSPS) is 17.5. The minimum absolute atomic E-state index is 0.0854. The van der Waals surface area contributed by atoms with Gasteiger partial charge in [0.25, 0.3) is 0 Å². The summed E-state index contributed by atoms with van der Waals surface area (Å²) in [5, 5.41) is 9.04. The molecule has 0 radical (unpaired) electrons. The first-order valence-corrected chi connectivity index (χ1v) is 10.7. The van der Waals surface area contributed by atoms with Crippen LogP contribution >= 0.6 is 0 Å². The highest BCUT2D eigenvalue weighted by Crippen LogP contribution is 2.24. The quantitative estimate of drug-likeness (QED) is 0.560. The molecule has 1 aliphatic rings. The van der Waals surface area contributed by atoms with E-state index < -0.39 is 0 Å². The maximum Gasteiger partial charge on any atom is 0.329 e. The maximum absolute atomic E-state index is 12.6. The van der Waals surface area contributed by atoms with Crippen LogP contribution in [0.3, 0.4) is 0 Å². The zero-order chi connectivity index (χ0) is 22.5. The molecule has 4 rings (SSSR count). The van der Waals surface area contributed by atoms with Crippen LogP contribution in [0.1, 0.15) is 29.8 Å². The van der Waals surface area contributed by atoms with Gasteiger partial charge in [0.15, 0.2) is 0 Å². The van der Waals surface area contributed by atoms with Crippen molar-refractivity contribution in [2.45, 2.75) is 25.6 Å². The van der Waals surface area contributed by atoms with Gasteiger partial charge < -0.3 is 14.2 Å². The van der Waals surface area contributed by atoms with E-state index in [0.29, 0.717) is 18.7 Å². The van der Waals surface area contributed by atoms with Crippen molar-refractivity contribution >= 4 is 11.7 Å². The molecule has 0 saturated carbocycles. The fourth-order valence-corrected chi connectivity index (χ4v) is 4.28. The van der Waals surface area contributed by atoms with E-state index in [2.05, 4.69) is 32.3 Å². The number of rotatable bonds is 6. The standard InChI is InChI=1S/C25H27N5O2/c1-19(21-10-8-20(14-26)9-11-21)30-18-27-15-23(30)16-28-12-13-29(22-6-4-3-5-7-22)24(17-28)25(31)32-2/h3-11,15,18-19,24H,12-13,16-17H2,1-2H3. The van der Waals surface area contributed by atoms with Crippen molar-refractivity contribution in [3.05, 3.63) is 83.9 Å². The van der Waals surface area contributed by atoms with Crippen molar-refractivity contribution in [3.8, 4) is 6.07 Å². The first-order valence-electron chi connectivity index (χ1n) is 10.7. The molecule has 1 aromatic heterocycles. The van der Waals surface area contributed by atoms with Crippen molar-refractivity contribution in [3.63, 3.8) is 0 Å². The minimum atomic E-state index is -0.358. The summed E-state index contributed by atoms with van der Waals surface area (Å²) in [4.78, 5) is 21.4. The first-order chi connectivity index (χ1) is 15.6. The maximum atomic E-state index is 12.6.